The number of hydrogen-bond donors (Lipinski definition) is 1. The quantitative estimate of drug-likeness (QED) is 0.909. The van der Waals surface area contributed by atoms with Crippen LogP contribution in [0.15, 0.2) is 24.3 Å². The highest BCUT2D eigenvalue weighted by atomic mass is 16.5. The van der Waals surface area contributed by atoms with Crippen molar-refractivity contribution in [2.75, 3.05) is 13.2 Å². The second-order valence-electron chi connectivity index (χ2n) is 6.87. The number of hydrogen-bond acceptors (Lipinski definition) is 3. The monoisotopic (exact) mass is 288 g/mol. The van der Waals surface area contributed by atoms with Crippen LogP contribution in [-0.4, -0.2) is 30.0 Å². The summed E-state index contributed by atoms with van der Waals surface area (Å²) in [6.07, 6.45) is 5.93. The maximum absolute atomic E-state index is 10.9. The Hall–Kier alpha value is -0.900. The molecule has 1 aromatic carbocycles. The van der Waals surface area contributed by atoms with Crippen molar-refractivity contribution in [3.05, 3.63) is 35.4 Å². The van der Waals surface area contributed by atoms with E-state index in [1.54, 1.807) is 0 Å². The van der Waals surface area contributed by atoms with Crippen LogP contribution < -0.4 is 0 Å². The molecule has 0 aromatic heterocycles. The van der Waals surface area contributed by atoms with Gasteiger partial charge in [0, 0.05) is 6.61 Å². The minimum atomic E-state index is -0.409. The Labute approximate surface area is 126 Å². The van der Waals surface area contributed by atoms with Crippen molar-refractivity contribution in [3.8, 4) is 0 Å². The van der Waals surface area contributed by atoms with Gasteiger partial charge in [-0.2, -0.15) is 0 Å². The lowest BCUT2D eigenvalue weighted by Crippen LogP contribution is -2.49. The zero-order valence-electron chi connectivity index (χ0n) is 12.5. The standard InChI is InChI=1S/C18H24O3/c19-16(14-7-11-21-18(12-14)8-3-9-18)17-15-5-2-1-4-13(15)6-10-20-17/h1-2,4-5,14,16-17,19H,3,6-12H2. The van der Waals surface area contributed by atoms with E-state index < -0.39 is 6.10 Å². The number of aliphatic hydroxyl groups excluding tert-OH is 1. The van der Waals surface area contributed by atoms with Crippen LogP contribution in [0.4, 0.5) is 0 Å². The predicted octanol–water partition coefficient (Wildman–Crippen LogP) is 3.01. The van der Waals surface area contributed by atoms with Crippen molar-refractivity contribution in [2.24, 2.45) is 5.92 Å². The van der Waals surface area contributed by atoms with E-state index in [9.17, 15) is 5.11 Å². The van der Waals surface area contributed by atoms with Gasteiger partial charge < -0.3 is 14.6 Å². The maximum atomic E-state index is 10.9. The summed E-state index contributed by atoms with van der Waals surface area (Å²) in [7, 11) is 0. The predicted molar refractivity (Wildman–Crippen MR) is 80.1 cm³/mol. The van der Waals surface area contributed by atoms with Gasteiger partial charge in [0.2, 0.25) is 0 Å². The van der Waals surface area contributed by atoms with E-state index in [2.05, 4.69) is 18.2 Å². The molecule has 1 saturated carbocycles. The number of aliphatic hydroxyl groups is 1. The molecule has 3 atom stereocenters. The van der Waals surface area contributed by atoms with Gasteiger partial charge in [0.1, 0.15) is 6.10 Å². The van der Waals surface area contributed by atoms with Crippen LogP contribution in [-0.2, 0) is 15.9 Å². The van der Waals surface area contributed by atoms with E-state index >= 15 is 0 Å². The van der Waals surface area contributed by atoms with Crippen molar-refractivity contribution < 1.29 is 14.6 Å². The van der Waals surface area contributed by atoms with Gasteiger partial charge in [-0.1, -0.05) is 24.3 Å². The topological polar surface area (TPSA) is 38.7 Å². The van der Waals surface area contributed by atoms with E-state index in [1.165, 1.54) is 30.4 Å². The molecule has 1 N–H and O–H groups in total. The van der Waals surface area contributed by atoms with Gasteiger partial charge in [-0.3, -0.25) is 0 Å². The summed E-state index contributed by atoms with van der Waals surface area (Å²) in [5.41, 5.74) is 2.60. The fourth-order valence-corrected chi connectivity index (χ4v) is 4.23. The van der Waals surface area contributed by atoms with Crippen molar-refractivity contribution in [3.63, 3.8) is 0 Å². The molecule has 0 radical (unpaired) electrons. The van der Waals surface area contributed by atoms with Crippen LogP contribution in [0.2, 0.25) is 0 Å². The average molecular weight is 288 g/mol. The third kappa shape index (κ3) is 2.41. The smallest absolute Gasteiger partial charge is 0.109 e. The Balaban J connectivity index is 1.53. The van der Waals surface area contributed by atoms with Crippen molar-refractivity contribution in [1.29, 1.82) is 0 Å². The van der Waals surface area contributed by atoms with Crippen molar-refractivity contribution in [2.45, 2.75) is 56.3 Å². The Morgan fingerprint density at radius 1 is 1.19 bits per heavy atom. The third-order valence-electron chi connectivity index (χ3n) is 5.62. The zero-order chi connectivity index (χ0) is 14.3. The maximum Gasteiger partial charge on any atom is 0.109 e. The first-order chi connectivity index (χ1) is 10.3. The molecule has 114 valence electrons. The summed E-state index contributed by atoms with van der Waals surface area (Å²) >= 11 is 0. The number of rotatable bonds is 2. The van der Waals surface area contributed by atoms with Gasteiger partial charge in [0.15, 0.2) is 0 Å². The Kier molecular flexibility index (Phi) is 3.52. The SMILES string of the molecule is OC(C1CCOC2(CCC2)C1)C1OCCc2ccccc21. The first kappa shape index (κ1) is 13.7. The first-order valence-electron chi connectivity index (χ1n) is 8.29. The summed E-state index contributed by atoms with van der Waals surface area (Å²) in [5.74, 6) is 0.301. The molecule has 0 bridgehead atoms. The van der Waals surface area contributed by atoms with Crippen LogP contribution in [0.3, 0.4) is 0 Å². The molecule has 3 heteroatoms. The Morgan fingerprint density at radius 3 is 2.86 bits per heavy atom. The molecule has 2 aliphatic heterocycles. The molecule has 2 heterocycles. The van der Waals surface area contributed by atoms with Crippen LogP contribution in [0.1, 0.15) is 49.3 Å². The largest absolute Gasteiger partial charge is 0.390 e. The molecule has 1 aromatic rings. The number of ether oxygens (including phenoxy) is 2. The molecule has 21 heavy (non-hydrogen) atoms. The van der Waals surface area contributed by atoms with E-state index in [-0.39, 0.29) is 11.7 Å². The Morgan fingerprint density at radius 2 is 2.05 bits per heavy atom. The molecule has 0 amide bonds. The molecule has 3 aliphatic rings. The fourth-order valence-electron chi connectivity index (χ4n) is 4.23. The molecule has 1 spiro atoms. The summed E-state index contributed by atoms with van der Waals surface area (Å²) < 4.78 is 11.9. The lowest BCUT2D eigenvalue weighted by molar-refractivity contribution is -0.171. The van der Waals surface area contributed by atoms with Crippen LogP contribution >= 0.6 is 0 Å². The third-order valence-corrected chi connectivity index (χ3v) is 5.62. The van der Waals surface area contributed by atoms with E-state index in [0.717, 1.165) is 25.9 Å². The minimum absolute atomic E-state index is 0.0814. The highest BCUT2D eigenvalue weighted by Crippen LogP contribution is 2.47. The number of fused-ring (bicyclic) bond motifs is 1. The molecular formula is C18H24O3. The highest BCUT2D eigenvalue weighted by Gasteiger charge is 2.46. The van der Waals surface area contributed by atoms with Crippen LogP contribution in [0.25, 0.3) is 0 Å². The van der Waals surface area contributed by atoms with Gasteiger partial charge in [-0.15, -0.1) is 0 Å². The van der Waals surface area contributed by atoms with Crippen molar-refractivity contribution >= 4 is 0 Å². The number of benzene rings is 1. The molecule has 3 unspecified atom stereocenters. The molecule has 1 aliphatic carbocycles. The van der Waals surface area contributed by atoms with Gasteiger partial charge in [-0.25, -0.2) is 0 Å². The minimum Gasteiger partial charge on any atom is -0.390 e. The molecule has 3 nitrogen and oxygen atoms in total. The van der Waals surface area contributed by atoms with Crippen molar-refractivity contribution in [1.82, 2.24) is 0 Å². The Bertz CT molecular complexity index is 509. The van der Waals surface area contributed by atoms with Crippen LogP contribution in [0.5, 0.6) is 0 Å². The molecule has 4 rings (SSSR count). The molecule has 2 fully saturated rings. The zero-order valence-corrected chi connectivity index (χ0v) is 12.5. The highest BCUT2D eigenvalue weighted by molar-refractivity contribution is 5.31. The lowest BCUT2D eigenvalue weighted by atomic mass is 9.70. The summed E-state index contributed by atoms with van der Waals surface area (Å²) in [5, 5.41) is 10.9. The fraction of sp³-hybridized carbons (Fsp3) is 0.667. The second kappa shape index (κ2) is 5.38. The first-order valence-corrected chi connectivity index (χ1v) is 8.29. The van der Waals surface area contributed by atoms with Gasteiger partial charge >= 0.3 is 0 Å². The van der Waals surface area contributed by atoms with Gasteiger partial charge in [-0.05, 0) is 55.6 Å². The molecular weight excluding hydrogens is 264 g/mol. The summed E-state index contributed by atoms with van der Waals surface area (Å²) in [6, 6.07) is 8.39. The average Bonchev–Trinajstić information content (AvgIpc) is 2.52. The summed E-state index contributed by atoms with van der Waals surface area (Å²) in [4.78, 5) is 0. The van der Waals surface area contributed by atoms with Crippen LogP contribution in [0, 0.1) is 5.92 Å². The molecule has 1 saturated heterocycles. The second-order valence-corrected chi connectivity index (χ2v) is 6.87. The van der Waals surface area contributed by atoms with E-state index in [1.807, 2.05) is 6.07 Å². The van der Waals surface area contributed by atoms with E-state index in [4.69, 9.17) is 9.47 Å². The van der Waals surface area contributed by atoms with Gasteiger partial charge in [0.25, 0.3) is 0 Å². The lowest BCUT2D eigenvalue weighted by Gasteiger charge is -2.49. The van der Waals surface area contributed by atoms with Gasteiger partial charge in [0.05, 0.1) is 18.3 Å². The van der Waals surface area contributed by atoms with E-state index in [0.29, 0.717) is 12.5 Å². The summed E-state index contributed by atoms with van der Waals surface area (Å²) in [6.45, 7) is 1.50. The normalized spacial score (nSPS) is 32.2.